The summed E-state index contributed by atoms with van der Waals surface area (Å²) in [6.45, 7) is 0. The Labute approximate surface area is 278 Å². The van der Waals surface area contributed by atoms with Crippen molar-refractivity contribution in [2.75, 3.05) is 0 Å². The second-order valence-corrected chi connectivity index (χ2v) is 14.1. The summed E-state index contributed by atoms with van der Waals surface area (Å²) in [5.74, 6) is 0. The summed E-state index contributed by atoms with van der Waals surface area (Å²) >= 11 is 3.55. The number of hydrogen-bond acceptors (Lipinski definition) is 3. The van der Waals surface area contributed by atoms with E-state index >= 15 is 0 Å². The fraction of sp³-hybridized carbons (Fsp3) is 0. The van der Waals surface area contributed by atoms with Crippen molar-refractivity contribution in [3.8, 4) is 34.0 Å². The highest BCUT2D eigenvalue weighted by Crippen LogP contribution is 2.46. The van der Waals surface area contributed by atoms with Gasteiger partial charge in [-0.3, -0.25) is 0 Å². The zero-order valence-electron chi connectivity index (χ0n) is 25.1. The molecule has 47 heavy (non-hydrogen) atoms. The highest BCUT2D eigenvalue weighted by molar-refractivity contribution is 7.26. The Morgan fingerprint density at radius 2 is 1.19 bits per heavy atom. The standard InChI is InChI=1S/C43H24N2S2/c44-25-29-22-28(30-14-9-19-40-41(30)33-13-5-7-18-39(33)46-40)24-35-32-15-8-17-38(43(32)47-42(29)35)45-36-16-6-4-12-31(36)34-23-27(20-21-37(34)45)26-10-2-1-3-11-26/h1-24H. The van der Waals surface area contributed by atoms with Crippen LogP contribution in [0, 0.1) is 11.3 Å². The van der Waals surface area contributed by atoms with Crippen LogP contribution in [0.4, 0.5) is 0 Å². The second-order valence-electron chi connectivity index (χ2n) is 12.0. The quantitative estimate of drug-likeness (QED) is 0.190. The molecule has 2 nitrogen and oxygen atoms in total. The van der Waals surface area contributed by atoms with E-state index in [4.69, 9.17) is 0 Å². The lowest BCUT2D eigenvalue weighted by atomic mass is 9.96. The van der Waals surface area contributed by atoms with Gasteiger partial charge in [-0.25, -0.2) is 0 Å². The van der Waals surface area contributed by atoms with Crippen molar-refractivity contribution < 1.29 is 0 Å². The van der Waals surface area contributed by atoms with Gasteiger partial charge in [0.05, 0.1) is 31.7 Å². The first-order chi connectivity index (χ1) is 23.3. The Hall–Kier alpha value is -5.73. The summed E-state index contributed by atoms with van der Waals surface area (Å²) in [6, 6.07) is 54.8. The second kappa shape index (κ2) is 10.1. The van der Waals surface area contributed by atoms with Gasteiger partial charge in [0.15, 0.2) is 0 Å². The molecule has 3 aromatic heterocycles. The molecule has 0 aliphatic carbocycles. The molecule has 0 fully saturated rings. The van der Waals surface area contributed by atoms with Crippen molar-refractivity contribution in [3.63, 3.8) is 0 Å². The zero-order valence-corrected chi connectivity index (χ0v) is 26.7. The van der Waals surface area contributed by atoms with Gasteiger partial charge in [0.2, 0.25) is 0 Å². The van der Waals surface area contributed by atoms with Crippen LogP contribution in [-0.2, 0) is 0 Å². The lowest BCUT2D eigenvalue weighted by Crippen LogP contribution is -1.93. The van der Waals surface area contributed by atoms with Crippen LogP contribution < -0.4 is 0 Å². The van der Waals surface area contributed by atoms with E-state index in [0.29, 0.717) is 0 Å². The maximum Gasteiger partial charge on any atom is 0.101 e. The Balaban J connectivity index is 1.24. The first-order valence-electron chi connectivity index (χ1n) is 15.7. The third kappa shape index (κ3) is 3.88. The molecule has 0 bridgehead atoms. The number of fused-ring (bicyclic) bond motifs is 9. The Kier molecular flexibility index (Phi) is 5.71. The van der Waals surface area contributed by atoms with Crippen molar-refractivity contribution in [1.29, 1.82) is 5.26 Å². The molecule has 0 spiro atoms. The summed E-state index contributed by atoms with van der Waals surface area (Å²) in [6.07, 6.45) is 0. The molecule has 0 saturated carbocycles. The van der Waals surface area contributed by atoms with Crippen LogP contribution in [0.2, 0.25) is 0 Å². The molecule has 0 aliphatic rings. The van der Waals surface area contributed by atoms with Gasteiger partial charge in [-0.2, -0.15) is 5.26 Å². The molecule has 0 N–H and O–H groups in total. The van der Waals surface area contributed by atoms with Gasteiger partial charge in [0.25, 0.3) is 0 Å². The molecule has 0 aliphatic heterocycles. The van der Waals surface area contributed by atoms with Crippen LogP contribution >= 0.6 is 22.7 Å². The highest BCUT2D eigenvalue weighted by atomic mass is 32.1. The molecule has 10 rings (SSSR count). The van der Waals surface area contributed by atoms with Gasteiger partial charge >= 0.3 is 0 Å². The number of rotatable bonds is 3. The number of hydrogen-bond donors (Lipinski definition) is 0. The lowest BCUT2D eigenvalue weighted by molar-refractivity contribution is 1.20. The summed E-state index contributed by atoms with van der Waals surface area (Å²) in [7, 11) is 0. The third-order valence-electron chi connectivity index (χ3n) is 9.43. The number of thiophene rings is 2. The molecule has 218 valence electrons. The third-order valence-corrected chi connectivity index (χ3v) is 11.8. The van der Waals surface area contributed by atoms with Crippen LogP contribution in [0.3, 0.4) is 0 Å². The minimum absolute atomic E-state index is 0.718. The average Bonchev–Trinajstić information content (AvgIpc) is 3.81. The van der Waals surface area contributed by atoms with Crippen molar-refractivity contribution in [2.24, 2.45) is 0 Å². The zero-order chi connectivity index (χ0) is 31.1. The van der Waals surface area contributed by atoms with Crippen LogP contribution in [0.5, 0.6) is 0 Å². The molecule has 4 heteroatoms. The van der Waals surface area contributed by atoms with E-state index in [2.05, 4.69) is 156 Å². The number of nitriles is 1. The van der Waals surface area contributed by atoms with Gasteiger partial charge in [0, 0.05) is 41.7 Å². The minimum atomic E-state index is 0.718. The molecular weight excluding hydrogens is 609 g/mol. The average molecular weight is 633 g/mol. The molecule has 0 radical (unpaired) electrons. The molecule has 7 aromatic carbocycles. The van der Waals surface area contributed by atoms with Gasteiger partial charge in [0.1, 0.15) is 6.07 Å². The smallest absolute Gasteiger partial charge is 0.101 e. The van der Waals surface area contributed by atoms with E-state index < -0.39 is 0 Å². The molecule has 0 unspecified atom stereocenters. The van der Waals surface area contributed by atoms with Gasteiger partial charge in [-0.15, -0.1) is 22.7 Å². The van der Waals surface area contributed by atoms with E-state index in [0.717, 1.165) is 26.9 Å². The van der Waals surface area contributed by atoms with E-state index in [1.807, 2.05) is 11.3 Å². The van der Waals surface area contributed by atoms with Crippen LogP contribution in [-0.4, -0.2) is 4.57 Å². The van der Waals surface area contributed by atoms with Crippen LogP contribution in [0.25, 0.3) is 90.1 Å². The molecule has 10 aromatic rings. The maximum atomic E-state index is 10.5. The van der Waals surface area contributed by atoms with Gasteiger partial charge < -0.3 is 4.57 Å². The lowest BCUT2D eigenvalue weighted by Gasteiger charge is -2.10. The Morgan fingerprint density at radius 3 is 2.09 bits per heavy atom. The number of para-hydroxylation sites is 1. The predicted molar refractivity (Wildman–Crippen MR) is 202 cm³/mol. The van der Waals surface area contributed by atoms with E-state index in [1.54, 1.807) is 11.3 Å². The summed E-state index contributed by atoms with van der Waals surface area (Å²) < 4.78 is 7.17. The molecule has 0 amide bonds. The van der Waals surface area contributed by atoms with Crippen LogP contribution in [0.15, 0.2) is 146 Å². The monoisotopic (exact) mass is 632 g/mol. The number of aromatic nitrogens is 1. The Bertz CT molecular complexity index is 2920. The van der Waals surface area contributed by atoms with Crippen LogP contribution in [0.1, 0.15) is 5.56 Å². The van der Waals surface area contributed by atoms with E-state index in [1.165, 1.54) is 68.8 Å². The predicted octanol–water partition coefficient (Wildman–Crippen LogP) is 12.7. The van der Waals surface area contributed by atoms with Crippen molar-refractivity contribution in [1.82, 2.24) is 4.57 Å². The number of benzene rings is 7. The summed E-state index contributed by atoms with van der Waals surface area (Å²) in [5, 5.41) is 17.8. The molecule has 0 atom stereocenters. The first-order valence-corrected chi connectivity index (χ1v) is 17.3. The summed E-state index contributed by atoms with van der Waals surface area (Å²) in [4.78, 5) is 0. The maximum absolute atomic E-state index is 10.5. The molecular formula is C43H24N2S2. The van der Waals surface area contributed by atoms with Gasteiger partial charge in [-0.1, -0.05) is 97.1 Å². The number of nitrogens with zero attached hydrogens (tertiary/aromatic N) is 2. The molecule has 3 heterocycles. The van der Waals surface area contributed by atoms with E-state index in [-0.39, 0.29) is 0 Å². The van der Waals surface area contributed by atoms with E-state index in [9.17, 15) is 5.26 Å². The van der Waals surface area contributed by atoms with Gasteiger partial charge in [-0.05, 0) is 70.8 Å². The summed E-state index contributed by atoms with van der Waals surface area (Å²) in [5.41, 5.74) is 8.88. The molecule has 0 saturated heterocycles. The van der Waals surface area contributed by atoms with Crippen molar-refractivity contribution in [2.45, 2.75) is 0 Å². The highest BCUT2D eigenvalue weighted by Gasteiger charge is 2.20. The minimum Gasteiger partial charge on any atom is -0.308 e. The first kappa shape index (κ1) is 26.5. The topological polar surface area (TPSA) is 28.7 Å². The SMILES string of the molecule is N#Cc1cc(-c2cccc3sc4ccccc4c23)cc2c1sc1c(-n3c4ccccc4c4cc(-c5ccccc5)ccc43)cccc12. The largest absolute Gasteiger partial charge is 0.308 e. The fourth-order valence-electron chi connectivity index (χ4n) is 7.36. The van der Waals surface area contributed by atoms with Crippen molar-refractivity contribution in [3.05, 3.63) is 151 Å². The Morgan fingerprint density at radius 1 is 0.468 bits per heavy atom. The normalized spacial score (nSPS) is 11.8. The fourth-order valence-corrected chi connectivity index (χ4v) is 9.74. The van der Waals surface area contributed by atoms with Crippen molar-refractivity contribution >= 4 is 84.8 Å².